The molecule has 1 unspecified atom stereocenters. The molecule has 0 aliphatic heterocycles. The third kappa shape index (κ3) is 3.65. The molecular weight excluding hydrogens is 160 g/mol. The summed E-state index contributed by atoms with van der Waals surface area (Å²) in [5, 5.41) is 0. The minimum atomic E-state index is 0.655. The largest absolute Gasteiger partial charge is 0.350 e. The van der Waals surface area contributed by atoms with E-state index in [9.17, 15) is 0 Å². The lowest BCUT2D eigenvalue weighted by Crippen LogP contribution is -3.15. The molecule has 0 radical (unpaired) electrons. The third-order valence-corrected chi connectivity index (χ3v) is 3.49. The van der Waals surface area contributed by atoms with Gasteiger partial charge >= 0.3 is 0 Å². The van der Waals surface area contributed by atoms with Crippen LogP contribution < -0.4 is 10.6 Å². The summed E-state index contributed by atoms with van der Waals surface area (Å²) in [6.07, 6.45) is 8.49. The molecule has 13 heavy (non-hydrogen) atoms. The van der Waals surface area contributed by atoms with E-state index in [2.05, 4.69) is 19.7 Å². The second-order valence-corrected chi connectivity index (χ2v) is 4.66. The van der Waals surface area contributed by atoms with Gasteiger partial charge in [0.15, 0.2) is 0 Å². The summed E-state index contributed by atoms with van der Waals surface area (Å²) < 4.78 is 0. The van der Waals surface area contributed by atoms with Crippen molar-refractivity contribution in [2.24, 2.45) is 0 Å². The molecule has 1 aliphatic carbocycles. The molecule has 1 rings (SSSR count). The van der Waals surface area contributed by atoms with Crippen molar-refractivity contribution in [3.63, 3.8) is 0 Å². The predicted octanol–water partition coefficient (Wildman–Crippen LogP) is -0.146. The fraction of sp³-hybridized carbons (Fsp3) is 1.00. The Bertz CT molecular complexity index is 130. The molecule has 0 bridgehead atoms. The summed E-state index contributed by atoms with van der Waals surface area (Å²) >= 11 is 0. The van der Waals surface area contributed by atoms with Crippen molar-refractivity contribution in [2.75, 3.05) is 13.6 Å². The Morgan fingerprint density at radius 1 is 1.31 bits per heavy atom. The van der Waals surface area contributed by atoms with Crippen LogP contribution in [0.5, 0.6) is 0 Å². The van der Waals surface area contributed by atoms with Crippen molar-refractivity contribution in [3.05, 3.63) is 0 Å². The molecule has 0 spiro atoms. The van der Waals surface area contributed by atoms with Gasteiger partial charge in [0.2, 0.25) is 0 Å². The first-order valence-corrected chi connectivity index (χ1v) is 5.89. The Balaban J connectivity index is 2.24. The molecule has 0 aromatic rings. The van der Waals surface area contributed by atoms with Crippen LogP contribution in [-0.2, 0) is 0 Å². The van der Waals surface area contributed by atoms with Gasteiger partial charge in [0.05, 0.1) is 13.1 Å². The second-order valence-electron chi connectivity index (χ2n) is 4.66. The maximum Gasteiger partial charge on any atom is 0.134 e. The number of likely N-dealkylation sites (N-methyl/N-ethyl adjacent to an activating group) is 1. The smallest absolute Gasteiger partial charge is 0.134 e. The first-order chi connectivity index (χ1) is 6.24. The normalized spacial score (nSPS) is 24.2. The molecule has 78 valence electrons. The lowest BCUT2D eigenvalue weighted by atomic mass is 9.94. The average Bonchev–Trinajstić information content (AvgIpc) is 2.19. The fourth-order valence-electron chi connectivity index (χ4n) is 2.36. The lowest BCUT2D eigenvalue weighted by Gasteiger charge is -2.28. The SMILES string of the molecule is CC[C@H]([NH3+])C[NH+](C)C1CCCCC1. The van der Waals surface area contributed by atoms with E-state index in [0.717, 1.165) is 6.04 Å². The van der Waals surface area contributed by atoms with E-state index >= 15 is 0 Å². The fourth-order valence-corrected chi connectivity index (χ4v) is 2.36. The van der Waals surface area contributed by atoms with Crippen molar-refractivity contribution < 1.29 is 10.6 Å². The van der Waals surface area contributed by atoms with Gasteiger partial charge in [0.1, 0.15) is 12.6 Å². The van der Waals surface area contributed by atoms with Crippen molar-refractivity contribution in [1.29, 1.82) is 0 Å². The molecule has 0 aromatic carbocycles. The van der Waals surface area contributed by atoms with E-state index in [-0.39, 0.29) is 0 Å². The van der Waals surface area contributed by atoms with Crippen LogP contribution in [0.3, 0.4) is 0 Å². The molecule has 0 heterocycles. The van der Waals surface area contributed by atoms with Gasteiger partial charge in [0, 0.05) is 6.42 Å². The first kappa shape index (κ1) is 11.0. The average molecular weight is 186 g/mol. The van der Waals surface area contributed by atoms with Crippen LogP contribution in [0.2, 0.25) is 0 Å². The quantitative estimate of drug-likeness (QED) is 0.612. The van der Waals surface area contributed by atoms with Crippen LogP contribution in [0.15, 0.2) is 0 Å². The minimum Gasteiger partial charge on any atom is -0.350 e. The van der Waals surface area contributed by atoms with Crippen LogP contribution in [-0.4, -0.2) is 25.7 Å². The summed E-state index contributed by atoms with van der Waals surface area (Å²) in [6, 6.07) is 1.59. The van der Waals surface area contributed by atoms with Gasteiger partial charge in [-0.2, -0.15) is 0 Å². The Hall–Kier alpha value is -0.0800. The highest BCUT2D eigenvalue weighted by molar-refractivity contribution is 4.63. The monoisotopic (exact) mass is 186 g/mol. The highest BCUT2D eigenvalue weighted by Crippen LogP contribution is 2.15. The van der Waals surface area contributed by atoms with Crippen molar-refractivity contribution in [3.8, 4) is 0 Å². The van der Waals surface area contributed by atoms with Crippen LogP contribution in [0.1, 0.15) is 45.4 Å². The number of nitrogens with one attached hydrogen (secondary N) is 1. The molecule has 1 fully saturated rings. The topological polar surface area (TPSA) is 32.1 Å². The molecular formula is C11H26N2+2. The van der Waals surface area contributed by atoms with Crippen LogP contribution in [0.25, 0.3) is 0 Å². The summed E-state index contributed by atoms with van der Waals surface area (Å²) in [4.78, 5) is 1.72. The predicted molar refractivity (Wildman–Crippen MR) is 55.6 cm³/mol. The maximum absolute atomic E-state index is 4.17. The van der Waals surface area contributed by atoms with Gasteiger partial charge in [-0.1, -0.05) is 13.3 Å². The molecule has 0 saturated heterocycles. The number of quaternary nitrogens is 2. The molecule has 0 amide bonds. The van der Waals surface area contributed by atoms with E-state index in [1.54, 1.807) is 4.90 Å². The van der Waals surface area contributed by atoms with Gasteiger partial charge in [-0.15, -0.1) is 0 Å². The highest BCUT2D eigenvalue weighted by Gasteiger charge is 2.23. The van der Waals surface area contributed by atoms with Gasteiger partial charge in [-0.05, 0) is 25.7 Å². The molecule has 0 aromatic heterocycles. The van der Waals surface area contributed by atoms with Crippen molar-refractivity contribution in [2.45, 2.75) is 57.5 Å². The van der Waals surface area contributed by atoms with E-state index < -0.39 is 0 Å². The summed E-state index contributed by atoms with van der Waals surface area (Å²) in [5.74, 6) is 0. The van der Waals surface area contributed by atoms with Gasteiger partial charge in [0.25, 0.3) is 0 Å². The Morgan fingerprint density at radius 3 is 2.46 bits per heavy atom. The van der Waals surface area contributed by atoms with Crippen molar-refractivity contribution in [1.82, 2.24) is 0 Å². The van der Waals surface area contributed by atoms with E-state index in [0.29, 0.717) is 6.04 Å². The number of rotatable bonds is 4. The van der Waals surface area contributed by atoms with Crippen LogP contribution >= 0.6 is 0 Å². The van der Waals surface area contributed by atoms with E-state index in [1.807, 2.05) is 0 Å². The zero-order valence-corrected chi connectivity index (χ0v) is 9.31. The number of hydrogen-bond donors (Lipinski definition) is 2. The van der Waals surface area contributed by atoms with Gasteiger partial charge in [-0.3, -0.25) is 0 Å². The van der Waals surface area contributed by atoms with E-state index in [1.165, 1.54) is 45.1 Å². The molecule has 2 heteroatoms. The van der Waals surface area contributed by atoms with E-state index in [4.69, 9.17) is 0 Å². The summed E-state index contributed by atoms with van der Waals surface area (Å²) in [7, 11) is 2.35. The van der Waals surface area contributed by atoms with Gasteiger partial charge < -0.3 is 10.6 Å². The Morgan fingerprint density at radius 2 is 1.92 bits per heavy atom. The summed E-state index contributed by atoms with van der Waals surface area (Å²) in [6.45, 7) is 3.51. The minimum absolute atomic E-state index is 0.655. The Kier molecular flexibility index (Phi) is 4.74. The molecule has 2 atom stereocenters. The zero-order chi connectivity index (χ0) is 9.68. The second kappa shape index (κ2) is 5.61. The number of hydrogen-bond acceptors (Lipinski definition) is 0. The zero-order valence-electron chi connectivity index (χ0n) is 9.31. The van der Waals surface area contributed by atoms with Crippen LogP contribution in [0, 0.1) is 0 Å². The van der Waals surface area contributed by atoms with Gasteiger partial charge in [-0.25, -0.2) is 0 Å². The molecule has 1 saturated carbocycles. The molecule has 4 N–H and O–H groups in total. The van der Waals surface area contributed by atoms with Crippen molar-refractivity contribution >= 4 is 0 Å². The summed E-state index contributed by atoms with van der Waals surface area (Å²) in [5.41, 5.74) is 4.17. The van der Waals surface area contributed by atoms with Crippen LogP contribution in [0.4, 0.5) is 0 Å². The molecule has 2 nitrogen and oxygen atoms in total. The highest BCUT2D eigenvalue weighted by atomic mass is 15.1. The molecule has 1 aliphatic rings. The first-order valence-electron chi connectivity index (χ1n) is 5.89. The lowest BCUT2D eigenvalue weighted by molar-refractivity contribution is -0.916. The Labute approximate surface area is 82.5 Å². The standard InChI is InChI=1S/C11H24N2/c1-3-10(12)9-13(2)11-7-5-4-6-8-11/h10-11H,3-9,12H2,1-2H3/p+2/t10-/m0/s1. The maximum atomic E-state index is 4.17. The third-order valence-electron chi connectivity index (χ3n) is 3.49.